The van der Waals surface area contributed by atoms with Gasteiger partial charge >= 0.3 is 0 Å². The van der Waals surface area contributed by atoms with Gasteiger partial charge in [-0.3, -0.25) is 9.69 Å². The van der Waals surface area contributed by atoms with Crippen molar-refractivity contribution in [3.05, 3.63) is 0 Å². The second-order valence-corrected chi connectivity index (χ2v) is 5.04. The van der Waals surface area contributed by atoms with E-state index in [-0.39, 0.29) is 18.1 Å². The zero-order valence-corrected chi connectivity index (χ0v) is 10.6. The molecule has 1 amide bonds. The predicted octanol–water partition coefficient (Wildman–Crippen LogP) is -0.737. The van der Waals surface area contributed by atoms with Crippen molar-refractivity contribution in [2.45, 2.75) is 31.9 Å². The lowest BCUT2D eigenvalue weighted by Gasteiger charge is -2.37. The van der Waals surface area contributed by atoms with Crippen molar-refractivity contribution in [3.8, 4) is 0 Å². The zero-order valence-electron chi connectivity index (χ0n) is 10.6. The number of hydrogen-bond acceptors (Lipinski definition) is 4. The number of aliphatic hydroxyl groups is 1. The molecule has 5 heteroatoms. The highest BCUT2D eigenvalue weighted by molar-refractivity contribution is 5.81. The first-order valence-corrected chi connectivity index (χ1v) is 6.60. The fourth-order valence-corrected chi connectivity index (χ4v) is 2.64. The van der Waals surface area contributed by atoms with E-state index in [2.05, 4.69) is 10.2 Å². The van der Waals surface area contributed by atoms with Gasteiger partial charge in [0.1, 0.15) is 0 Å². The van der Waals surface area contributed by atoms with Gasteiger partial charge in [-0.1, -0.05) is 0 Å². The van der Waals surface area contributed by atoms with Crippen molar-refractivity contribution < 1.29 is 9.90 Å². The van der Waals surface area contributed by atoms with Crippen molar-refractivity contribution in [3.63, 3.8) is 0 Å². The van der Waals surface area contributed by atoms with Gasteiger partial charge in [-0.05, 0) is 19.8 Å². The number of amides is 1. The molecule has 0 aromatic carbocycles. The Morgan fingerprint density at radius 3 is 2.71 bits per heavy atom. The molecule has 2 heterocycles. The number of rotatable bonds is 2. The Morgan fingerprint density at radius 2 is 2.06 bits per heavy atom. The minimum atomic E-state index is -0.331. The van der Waals surface area contributed by atoms with Crippen LogP contribution in [0.1, 0.15) is 19.8 Å². The monoisotopic (exact) mass is 241 g/mol. The molecule has 2 saturated heterocycles. The summed E-state index contributed by atoms with van der Waals surface area (Å²) in [5.74, 6) is 0.172. The zero-order chi connectivity index (χ0) is 12.3. The quantitative estimate of drug-likeness (QED) is 0.669. The van der Waals surface area contributed by atoms with Crippen LogP contribution >= 0.6 is 0 Å². The summed E-state index contributed by atoms with van der Waals surface area (Å²) in [5, 5.41) is 12.9. The van der Waals surface area contributed by atoms with Gasteiger partial charge in [0.15, 0.2) is 0 Å². The average molecular weight is 241 g/mol. The van der Waals surface area contributed by atoms with Crippen molar-refractivity contribution >= 4 is 5.91 Å². The van der Waals surface area contributed by atoms with Crippen molar-refractivity contribution in [1.82, 2.24) is 15.1 Å². The summed E-state index contributed by atoms with van der Waals surface area (Å²) in [6, 6.07) is -0.0533. The number of piperazine rings is 1. The summed E-state index contributed by atoms with van der Waals surface area (Å²) < 4.78 is 0. The fourth-order valence-electron chi connectivity index (χ4n) is 2.64. The fraction of sp³-hybridized carbons (Fsp3) is 0.917. The average Bonchev–Trinajstić information content (AvgIpc) is 2.38. The number of piperidine rings is 1. The van der Waals surface area contributed by atoms with Crippen LogP contribution in [0.3, 0.4) is 0 Å². The standard InChI is InChI=1S/C12H23N3O2/c1-10(14-7-4-13-5-8-14)12(17)15-6-2-3-11(16)9-15/h10-11,13,16H,2-9H2,1H3. The van der Waals surface area contributed by atoms with Crippen LogP contribution in [0, 0.1) is 0 Å². The van der Waals surface area contributed by atoms with E-state index in [0.717, 1.165) is 45.6 Å². The molecule has 0 aliphatic carbocycles. The number of nitrogens with one attached hydrogen (secondary N) is 1. The molecule has 0 radical (unpaired) electrons. The molecule has 2 fully saturated rings. The van der Waals surface area contributed by atoms with Crippen LogP contribution in [0.5, 0.6) is 0 Å². The summed E-state index contributed by atoms with van der Waals surface area (Å²) >= 11 is 0. The van der Waals surface area contributed by atoms with Crippen LogP contribution in [-0.2, 0) is 4.79 Å². The molecule has 17 heavy (non-hydrogen) atoms. The summed E-state index contributed by atoms with van der Waals surface area (Å²) in [7, 11) is 0. The van der Waals surface area contributed by atoms with Gasteiger partial charge in [-0.15, -0.1) is 0 Å². The maximum Gasteiger partial charge on any atom is 0.239 e. The molecule has 0 aromatic heterocycles. The molecular formula is C12H23N3O2. The van der Waals surface area contributed by atoms with Crippen LogP contribution in [0.15, 0.2) is 0 Å². The van der Waals surface area contributed by atoms with Gasteiger partial charge in [0.2, 0.25) is 5.91 Å². The van der Waals surface area contributed by atoms with E-state index in [1.807, 2.05) is 11.8 Å². The Balaban J connectivity index is 1.89. The Bertz CT molecular complexity index is 266. The molecule has 0 bridgehead atoms. The van der Waals surface area contributed by atoms with Gasteiger partial charge in [0.25, 0.3) is 0 Å². The lowest BCUT2D eigenvalue weighted by molar-refractivity contribution is -0.139. The number of aliphatic hydroxyl groups excluding tert-OH is 1. The van der Waals surface area contributed by atoms with E-state index in [1.165, 1.54) is 0 Å². The Morgan fingerprint density at radius 1 is 1.35 bits per heavy atom. The number of carbonyl (C=O) groups is 1. The molecule has 2 aliphatic rings. The van der Waals surface area contributed by atoms with E-state index in [1.54, 1.807) is 0 Å². The molecule has 2 rings (SSSR count). The second-order valence-electron chi connectivity index (χ2n) is 5.04. The summed E-state index contributed by atoms with van der Waals surface area (Å²) in [5.41, 5.74) is 0. The van der Waals surface area contributed by atoms with Crippen LogP contribution < -0.4 is 5.32 Å². The van der Waals surface area contributed by atoms with Gasteiger partial charge in [-0.25, -0.2) is 0 Å². The SMILES string of the molecule is CC(C(=O)N1CCCC(O)C1)N1CCNCC1. The molecule has 2 atom stereocenters. The molecule has 2 N–H and O–H groups in total. The van der Waals surface area contributed by atoms with Crippen LogP contribution in [0.2, 0.25) is 0 Å². The molecule has 0 aromatic rings. The minimum Gasteiger partial charge on any atom is -0.391 e. The van der Waals surface area contributed by atoms with Crippen LogP contribution in [-0.4, -0.2) is 72.2 Å². The number of nitrogens with zero attached hydrogens (tertiary/aromatic N) is 2. The normalized spacial score (nSPS) is 29.1. The molecule has 2 unspecified atom stereocenters. The van der Waals surface area contributed by atoms with E-state index >= 15 is 0 Å². The third kappa shape index (κ3) is 3.18. The molecular weight excluding hydrogens is 218 g/mol. The number of hydrogen-bond donors (Lipinski definition) is 2. The van der Waals surface area contributed by atoms with E-state index in [4.69, 9.17) is 0 Å². The molecule has 0 spiro atoms. The molecule has 0 saturated carbocycles. The van der Waals surface area contributed by atoms with E-state index < -0.39 is 0 Å². The highest BCUT2D eigenvalue weighted by Crippen LogP contribution is 2.13. The second kappa shape index (κ2) is 5.80. The smallest absolute Gasteiger partial charge is 0.239 e. The molecule has 2 aliphatic heterocycles. The number of carbonyl (C=O) groups excluding carboxylic acids is 1. The van der Waals surface area contributed by atoms with Gasteiger partial charge in [0, 0.05) is 39.3 Å². The Hall–Kier alpha value is -0.650. The van der Waals surface area contributed by atoms with E-state index in [0.29, 0.717) is 6.54 Å². The first-order valence-electron chi connectivity index (χ1n) is 6.60. The first-order chi connectivity index (χ1) is 8.18. The maximum atomic E-state index is 12.3. The van der Waals surface area contributed by atoms with Crippen LogP contribution in [0.4, 0.5) is 0 Å². The number of likely N-dealkylation sites (tertiary alicyclic amines) is 1. The summed E-state index contributed by atoms with van der Waals surface area (Å²) in [6.45, 7) is 7.07. The minimum absolute atomic E-state index is 0.0533. The molecule has 98 valence electrons. The van der Waals surface area contributed by atoms with Crippen molar-refractivity contribution in [2.75, 3.05) is 39.3 Å². The lowest BCUT2D eigenvalue weighted by atomic mass is 10.1. The van der Waals surface area contributed by atoms with Crippen LogP contribution in [0.25, 0.3) is 0 Å². The predicted molar refractivity (Wildman–Crippen MR) is 65.7 cm³/mol. The largest absolute Gasteiger partial charge is 0.391 e. The highest BCUT2D eigenvalue weighted by Gasteiger charge is 2.29. The Kier molecular flexibility index (Phi) is 4.36. The summed E-state index contributed by atoms with van der Waals surface area (Å²) in [4.78, 5) is 16.3. The molecule has 5 nitrogen and oxygen atoms in total. The maximum absolute atomic E-state index is 12.3. The lowest BCUT2D eigenvalue weighted by Crippen LogP contribution is -2.55. The van der Waals surface area contributed by atoms with Gasteiger partial charge in [0.05, 0.1) is 12.1 Å². The first kappa shape index (κ1) is 12.8. The van der Waals surface area contributed by atoms with Gasteiger partial charge in [-0.2, -0.15) is 0 Å². The topological polar surface area (TPSA) is 55.8 Å². The Labute approximate surface area is 103 Å². The highest BCUT2D eigenvalue weighted by atomic mass is 16.3. The van der Waals surface area contributed by atoms with Gasteiger partial charge < -0.3 is 15.3 Å². The third-order valence-corrected chi connectivity index (χ3v) is 3.76. The van der Waals surface area contributed by atoms with Crippen molar-refractivity contribution in [2.24, 2.45) is 0 Å². The summed E-state index contributed by atoms with van der Waals surface area (Å²) in [6.07, 6.45) is 1.41. The van der Waals surface area contributed by atoms with Crippen molar-refractivity contribution in [1.29, 1.82) is 0 Å². The third-order valence-electron chi connectivity index (χ3n) is 3.76. The van der Waals surface area contributed by atoms with E-state index in [9.17, 15) is 9.90 Å². The number of β-amino-alcohol motifs (C(OH)–C–C–N with tert-alkyl or cyclic N) is 1.